The van der Waals surface area contributed by atoms with Crippen molar-refractivity contribution in [2.24, 2.45) is 0 Å². The molecule has 22 heavy (non-hydrogen) atoms. The molecule has 1 N–H and O–H groups in total. The van der Waals surface area contributed by atoms with E-state index in [1.807, 2.05) is 12.3 Å². The summed E-state index contributed by atoms with van der Waals surface area (Å²) in [6.07, 6.45) is 3.00. The minimum atomic E-state index is -2.87. The van der Waals surface area contributed by atoms with E-state index in [2.05, 4.69) is 15.0 Å². The van der Waals surface area contributed by atoms with E-state index in [9.17, 15) is 13.6 Å². The minimum absolute atomic E-state index is 0.0650. The normalized spacial score (nSPS) is 11.1. The lowest BCUT2D eigenvalue weighted by Gasteiger charge is -2.07. The van der Waals surface area contributed by atoms with Gasteiger partial charge in [-0.05, 0) is 30.7 Å². The van der Waals surface area contributed by atoms with Crippen LogP contribution in [0.5, 0.6) is 5.75 Å². The number of nitrogens with zero attached hydrogens (tertiary/aromatic N) is 1. The van der Waals surface area contributed by atoms with Crippen molar-refractivity contribution in [3.8, 4) is 5.75 Å². The van der Waals surface area contributed by atoms with Crippen molar-refractivity contribution in [3.05, 3.63) is 52.0 Å². The SMILES string of the molecule is Cc1nc(/C=C\C(=O)NCc2cccc(OC(F)F)c2)cs1. The average Bonchev–Trinajstić information content (AvgIpc) is 2.88. The van der Waals surface area contributed by atoms with Gasteiger partial charge in [-0.2, -0.15) is 8.78 Å². The molecule has 0 bridgehead atoms. The second kappa shape index (κ2) is 7.65. The predicted octanol–water partition coefficient (Wildman–Crippen LogP) is 3.38. The number of aryl methyl sites for hydroxylation is 1. The first-order chi connectivity index (χ1) is 10.5. The fourth-order valence-corrected chi connectivity index (χ4v) is 2.28. The molecule has 0 spiro atoms. The number of thiazole rings is 1. The van der Waals surface area contributed by atoms with Crippen molar-refractivity contribution >= 4 is 23.3 Å². The number of amides is 1. The molecule has 116 valence electrons. The molecule has 1 amide bonds. The first-order valence-electron chi connectivity index (χ1n) is 6.45. The van der Waals surface area contributed by atoms with Crippen molar-refractivity contribution < 1.29 is 18.3 Å². The molecule has 0 radical (unpaired) electrons. The summed E-state index contributed by atoms with van der Waals surface area (Å²) in [5, 5.41) is 5.44. The van der Waals surface area contributed by atoms with Gasteiger partial charge in [-0.25, -0.2) is 4.98 Å². The molecule has 0 aliphatic carbocycles. The van der Waals surface area contributed by atoms with Crippen LogP contribution in [-0.4, -0.2) is 17.5 Å². The lowest BCUT2D eigenvalue weighted by atomic mass is 10.2. The number of benzene rings is 1. The number of halogens is 2. The van der Waals surface area contributed by atoms with E-state index < -0.39 is 6.61 Å². The number of carbonyl (C=O) groups excluding carboxylic acids is 1. The highest BCUT2D eigenvalue weighted by molar-refractivity contribution is 7.09. The number of hydrogen-bond donors (Lipinski definition) is 1. The van der Waals surface area contributed by atoms with Gasteiger partial charge >= 0.3 is 6.61 Å². The zero-order valence-corrected chi connectivity index (χ0v) is 12.6. The third kappa shape index (κ3) is 5.25. The molecule has 2 rings (SSSR count). The Hall–Kier alpha value is -2.28. The van der Waals surface area contributed by atoms with Gasteiger partial charge in [-0.15, -0.1) is 11.3 Å². The summed E-state index contributed by atoms with van der Waals surface area (Å²) < 4.78 is 28.5. The molecular formula is C15H14F2N2O2S. The highest BCUT2D eigenvalue weighted by Crippen LogP contribution is 2.15. The third-order valence-corrected chi connectivity index (χ3v) is 3.42. The van der Waals surface area contributed by atoms with Crippen molar-refractivity contribution in [3.63, 3.8) is 0 Å². The molecule has 4 nitrogen and oxygen atoms in total. The van der Waals surface area contributed by atoms with Gasteiger partial charge in [0, 0.05) is 18.0 Å². The molecule has 0 unspecified atom stereocenters. The summed E-state index contributed by atoms with van der Waals surface area (Å²) in [6.45, 7) is -0.759. The van der Waals surface area contributed by atoms with E-state index in [-0.39, 0.29) is 18.2 Å². The van der Waals surface area contributed by atoms with Crippen LogP contribution in [0.4, 0.5) is 8.78 Å². The third-order valence-electron chi connectivity index (χ3n) is 2.63. The van der Waals surface area contributed by atoms with Gasteiger partial charge in [0.1, 0.15) is 5.75 Å². The van der Waals surface area contributed by atoms with Crippen LogP contribution in [0.3, 0.4) is 0 Å². The molecule has 1 aromatic carbocycles. The zero-order valence-electron chi connectivity index (χ0n) is 11.8. The quantitative estimate of drug-likeness (QED) is 0.829. The highest BCUT2D eigenvalue weighted by Gasteiger charge is 2.05. The summed E-state index contributed by atoms with van der Waals surface area (Å²) in [5.41, 5.74) is 1.40. The van der Waals surface area contributed by atoms with E-state index >= 15 is 0 Å². The fourth-order valence-electron chi connectivity index (χ4n) is 1.70. The minimum Gasteiger partial charge on any atom is -0.435 e. The first-order valence-corrected chi connectivity index (χ1v) is 7.32. The van der Waals surface area contributed by atoms with Crippen LogP contribution in [-0.2, 0) is 11.3 Å². The van der Waals surface area contributed by atoms with E-state index in [0.29, 0.717) is 5.56 Å². The van der Waals surface area contributed by atoms with Gasteiger partial charge in [0.2, 0.25) is 5.91 Å². The number of carbonyl (C=O) groups is 1. The van der Waals surface area contributed by atoms with Crippen LogP contribution in [0.2, 0.25) is 0 Å². The monoisotopic (exact) mass is 324 g/mol. The molecule has 2 aromatic rings. The van der Waals surface area contributed by atoms with Gasteiger partial charge in [-0.3, -0.25) is 4.79 Å². The molecule has 0 atom stereocenters. The van der Waals surface area contributed by atoms with Crippen LogP contribution in [0.25, 0.3) is 6.08 Å². The van der Waals surface area contributed by atoms with Crippen LogP contribution < -0.4 is 10.1 Å². The molecule has 0 saturated heterocycles. The van der Waals surface area contributed by atoms with Crippen molar-refractivity contribution in [2.75, 3.05) is 0 Å². The lowest BCUT2D eigenvalue weighted by Crippen LogP contribution is -2.20. The summed E-state index contributed by atoms with van der Waals surface area (Å²) in [7, 11) is 0. The van der Waals surface area contributed by atoms with Crippen LogP contribution in [0.1, 0.15) is 16.3 Å². The van der Waals surface area contributed by atoms with E-state index in [4.69, 9.17) is 0 Å². The summed E-state index contributed by atoms with van der Waals surface area (Å²) >= 11 is 1.50. The number of alkyl halides is 2. The van der Waals surface area contributed by atoms with Gasteiger partial charge in [0.05, 0.1) is 10.7 Å². The van der Waals surface area contributed by atoms with Crippen LogP contribution in [0, 0.1) is 6.92 Å². The van der Waals surface area contributed by atoms with Crippen molar-refractivity contribution in [2.45, 2.75) is 20.1 Å². The van der Waals surface area contributed by atoms with E-state index in [0.717, 1.165) is 10.7 Å². The van der Waals surface area contributed by atoms with Gasteiger partial charge in [0.25, 0.3) is 0 Å². The van der Waals surface area contributed by atoms with E-state index in [1.54, 1.807) is 18.2 Å². The fraction of sp³-hybridized carbons (Fsp3) is 0.200. The molecule has 1 heterocycles. The molecule has 1 aromatic heterocycles. The maximum absolute atomic E-state index is 12.1. The van der Waals surface area contributed by atoms with Crippen molar-refractivity contribution in [1.29, 1.82) is 0 Å². The zero-order chi connectivity index (χ0) is 15.9. The molecule has 0 fully saturated rings. The number of ether oxygens (including phenoxy) is 1. The molecule has 0 aliphatic rings. The smallest absolute Gasteiger partial charge is 0.387 e. The maximum Gasteiger partial charge on any atom is 0.387 e. The number of rotatable bonds is 6. The predicted molar refractivity (Wildman–Crippen MR) is 80.8 cm³/mol. The summed E-state index contributed by atoms with van der Waals surface area (Å²) in [6, 6.07) is 6.20. The lowest BCUT2D eigenvalue weighted by molar-refractivity contribution is -0.116. The molecular weight excluding hydrogens is 310 g/mol. The Bertz CT molecular complexity index is 671. The topological polar surface area (TPSA) is 51.2 Å². The number of hydrogen-bond acceptors (Lipinski definition) is 4. The Morgan fingerprint density at radius 3 is 3.00 bits per heavy atom. The molecule has 0 saturated carbocycles. The average molecular weight is 324 g/mol. The number of nitrogens with one attached hydrogen (secondary N) is 1. The second-order valence-corrected chi connectivity index (χ2v) is 5.43. The van der Waals surface area contributed by atoms with E-state index in [1.165, 1.54) is 29.5 Å². The Kier molecular flexibility index (Phi) is 5.60. The van der Waals surface area contributed by atoms with Crippen LogP contribution >= 0.6 is 11.3 Å². The maximum atomic E-state index is 12.1. The van der Waals surface area contributed by atoms with Gasteiger partial charge in [0.15, 0.2) is 0 Å². The second-order valence-electron chi connectivity index (χ2n) is 4.37. The Balaban J connectivity index is 1.87. The molecule has 0 aliphatic heterocycles. The standard InChI is InChI=1S/C15H14F2N2O2S/c1-10-19-12(9-22-10)5-6-14(20)18-8-11-3-2-4-13(7-11)21-15(16)17/h2-7,9,15H,8H2,1H3,(H,18,20)/b6-5-. The van der Waals surface area contributed by atoms with Gasteiger partial charge in [-0.1, -0.05) is 12.1 Å². The van der Waals surface area contributed by atoms with Crippen molar-refractivity contribution in [1.82, 2.24) is 10.3 Å². The van der Waals surface area contributed by atoms with Gasteiger partial charge < -0.3 is 10.1 Å². The molecule has 7 heteroatoms. The Morgan fingerprint density at radius 2 is 2.32 bits per heavy atom. The Labute approximate surface area is 130 Å². The summed E-state index contributed by atoms with van der Waals surface area (Å²) in [4.78, 5) is 15.9. The number of aromatic nitrogens is 1. The summed E-state index contributed by atoms with van der Waals surface area (Å²) in [5.74, 6) is -0.221. The largest absolute Gasteiger partial charge is 0.435 e. The van der Waals surface area contributed by atoms with Crippen LogP contribution in [0.15, 0.2) is 35.7 Å². The highest BCUT2D eigenvalue weighted by atomic mass is 32.1. The Morgan fingerprint density at radius 1 is 1.50 bits per heavy atom. The first kappa shape index (κ1) is 16.1.